The second-order valence-electron chi connectivity index (χ2n) is 3.37. The maximum atomic E-state index is 10.8. The summed E-state index contributed by atoms with van der Waals surface area (Å²) in [5.41, 5.74) is 7.64. The van der Waals surface area contributed by atoms with Crippen LogP contribution in [0.3, 0.4) is 0 Å². The molecule has 3 N–H and O–H groups in total. The van der Waals surface area contributed by atoms with Gasteiger partial charge in [0.15, 0.2) is 10.4 Å². The predicted octanol–water partition coefficient (Wildman–Crippen LogP) is 0.888. The van der Waals surface area contributed by atoms with Gasteiger partial charge in [0, 0.05) is 6.20 Å². The number of primary amides is 1. The van der Waals surface area contributed by atoms with E-state index in [1.165, 1.54) is 0 Å². The van der Waals surface area contributed by atoms with E-state index in [1.807, 2.05) is 13.0 Å². The van der Waals surface area contributed by atoms with Gasteiger partial charge in [0.1, 0.15) is 6.54 Å². The molecule has 0 saturated heterocycles. The fourth-order valence-corrected chi connectivity index (χ4v) is 1.71. The number of imidazole rings is 1. The third-order valence-corrected chi connectivity index (χ3v) is 2.38. The Morgan fingerprint density at radius 2 is 2.47 bits per heavy atom. The second-order valence-corrected chi connectivity index (χ2v) is 3.75. The van der Waals surface area contributed by atoms with E-state index in [0.717, 1.165) is 11.1 Å². The molecule has 2 rings (SSSR count). The van der Waals surface area contributed by atoms with Gasteiger partial charge in [0.2, 0.25) is 5.91 Å². The minimum absolute atomic E-state index is 0.0505. The molecule has 0 bridgehead atoms. The van der Waals surface area contributed by atoms with Crippen molar-refractivity contribution in [2.24, 2.45) is 5.73 Å². The molecule has 1 amide bonds. The highest BCUT2D eigenvalue weighted by molar-refractivity contribution is 7.71. The monoisotopic (exact) mass is 222 g/mol. The number of rotatable bonds is 2. The average molecular weight is 222 g/mol. The molecule has 2 aromatic heterocycles. The molecular formula is C9H10N4OS. The van der Waals surface area contributed by atoms with Crippen LogP contribution in [-0.4, -0.2) is 20.4 Å². The summed E-state index contributed by atoms with van der Waals surface area (Å²) in [5.74, 6) is -0.436. The number of carbonyl (C=O) groups is 1. The summed E-state index contributed by atoms with van der Waals surface area (Å²) in [4.78, 5) is 18.0. The summed E-state index contributed by atoms with van der Waals surface area (Å²) < 4.78 is 2.05. The zero-order valence-corrected chi connectivity index (χ0v) is 8.97. The van der Waals surface area contributed by atoms with Crippen molar-refractivity contribution in [2.45, 2.75) is 13.5 Å². The van der Waals surface area contributed by atoms with Crippen LogP contribution in [0, 0.1) is 11.7 Å². The van der Waals surface area contributed by atoms with Gasteiger partial charge in [0.25, 0.3) is 0 Å². The molecule has 0 unspecified atom stereocenters. The lowest BCUT2D eigenvalue weighted by molar-refractivity contribution is -0.118. The van der Waals surface area contributed by atoms with Crippen molar-refractivity contribution in [2.75, 3.05) is 0 Å². The van der Waals surface area contributed by atoms with Crippen molar-refractivity contribution in [3.8, 4) is 0 Å². The molecule has 2 heterocycles. The molecule has 15 heavy (non-hydrogen) atoms. The van der Waals surface area contributed by atoms with Gasteiger partial charge in [-0.25, -0.2) is 4.98 Å². The van der Waals surface area contributed by atoms with Gasteiger partial charge in [-0.05, 0) is 30.8 Å². The number of carbonyl (C=O) groups excluding carboxylic acids is 1. The maximum Gasteiger partial charge on any atom is 0.237 e. The van der Waals surface area contributed by atoms with Crippen molar-refractivity contribution in [1.29, 1.82) is 0 Å². The quantitative estimate of drug-likeness (QED) is 0.741. The second kappa shape index (κ2) is 3.47. The van der Waals surface area contributed by atoms with Crippen molar-refractivity contribution < 1.29 is 4.79 Å². The number of amides is 1. The summed E-state index contributed by atoms with van der Waals surface area (Å²) in [6, 6.07) is 1.93. The molecule has 0 fully saturated rings. The van der Waals surface area contributed by atoms with Crippen LogP contribution in [0.4, 0.5) is 0 Å². The summed E-state index contributed by atoms with van der Waals surface area (Å²) in [6.07, 6.45) is 1.72. The first kappa shape index (κ1) is 9.85. The van der Waals surface area contributed by atoms with Gasteiger partial charge in [-0.3, -0.25) is 9.36 Å². The van der Waals surface area contributed by atoms with Crippen LogP contribution in [0.15, 0.2) is 12.3 Å². The first-order valence-corrected chi connectivity index (χ1v) is 4.82. The SMILES string of the molecule is Cc1cnc2c(c1)[nH]c(=S)n2CC(N)=O. The third-order valence-electron chi connectivity index (χ3n) is 2.06. The maximum absolute atomic E-state index is 10.8. The Labute approximate surface area is 90.9 Å². The number of hydrogen-bond acceptors (Lipinski definition) is 3. The Kier molecular flexibility index (Phi) is 2.28. The van der Waals surface area contributed by atoms with E-state index in [4.69, 9.17) is 18.0 Å². The first-order chi connectivity index (χ1) is 7.08. The Morgan fingerprint density at radius 1 is 1.73 bits per heavy atom. The zero-order chi connectivity index (χ0) is 11.0. The summed E-state index contributed by atoms with van der Waals surface area (Å²) in [6.45, 7) is 1.99. The van der Waals surface area contributed by atoms with Crippen molar-refractivity contribution in [3.05, 3.63) is 22.6 Å². The van der Waals surface area contributed by atoms with Gasteiger partial charge in [-0.15, -0.1) is 0 Å². The zero-order valence-electron chi connectivity index (χ0n) is 8.15. The lowest BCUT2D eigenvalue weighted by atomic mass is 10.3. The molecule has 2 aromatic rings. The van der Waals surface area contributed by atoms with E-state index in [-0.39, 0.29) is 6.54 Å². The minimum Gasteiger partial charge on any atom is -0.368 e. The number of aromatic amines is 1. The highest BCUT2D eigenvalue weighted by Crippen LogP contribution is 2.12. The molecule has 0 saturated carbocycles. The van der Waals surface area contributed by atoms with Gasteiger partial charge in [0.05, 0.1) is 5.52 Å². The molecular weight excluding hydrogens is 212 g/mol. The first-order valence-electron chi connectivity index (χ1n) is 4.41. The number of nitrogens with two attached hydrogens (primary N) is 1. The van der Waals surface area contributed by atoms with E-state index in [0.29, 0.717) is 10.4 Å². The fourth-order valence-electron chi connectivity index (χ4n) is 1.45. The average Bonchev–Trinajstić information content (AvgIpc) is 2.41. The fraction of sp³-hybridized carbons (Fsp3) is 0.222. The van der Waals surface area contributed by atoms with Crippen LogP contribution in [-0.2, 0) is 11.3 Å². The van der Waals surface area contributed by atoms with Gasteiger partial charge in [-0.2, -0.15) is 0 Å². The van der Waals surface area contributed by atoms with Gasteiger partial charge in [-0.1, -0.05) is 0 Å². The summed E-state index contributed by atoms with van der Waals surface area (Å²) in [7, 11) is 0. The number of nitrogens with one attached hydrogen (secondary N) is 1. The smallest absolute Gasteiger partial charge is 0.237 e. The van der Waals surface area contributed by atoms with E-state index in [9.17, 15) is 4.79 Å². The molecule has 0 spiro atoms. The van der Waals surface area contributed by atoms with Crippen LogP contribution < -0.4 is 5.73 Å². The molecule has 0 aliphatic carbocycles. The van der Waals surface area contributed by atoms with Crippen molar-refractivity contribution >= 4 is 29.3 Å². The number of pyridine rings is 1. The normalized spacial score (nSPS) is 10.7. The molecule has 0 atom stereocenters. The number of aromatic nitrogens is 3. The third kappa shape index (κ3) is 1.75. The Hall–Kier alpha value is -1.69. The minimum atomic E-state index is -0.436. The van der Waals surface area contributed by atoms with E-state index in [2.05, 4.69) is 9.97 Å². The van der Waals surface area contributed by atoms with E-state index in [1.54, 1.807) is 10.8 Å². The Balaban J connectivity index is 2.68. The van der Waals surface area contributed by atoms with E-state index >= 15 is 0 Å². The number of hydrogen-bond donors (Lipinski definition) is 2. The Bertz CT molecular complexity index is 583. The van der Waals surface area contributed by atoms with Gasteiger partial charge < -0.3 is 10.7 Å². The van der Waals surface area contributed by atoms with E-state index < -0.39 is 5.91 Å². The van der Waals surface area contributed by atoms with Gasteiger partial charge >= 0.3 is 0 Å². The lowest BCUT2D eigenvalue weighted by Crippen LogP contribution is -2.18. The molecule has 0 aliphatic heterocycles. The highest BCUT2D eigenvalue weighted by Gasteiger charge is 2.07. The van der Waals surface area contributed by atoms with Crippen LogP contribution in [0.2, 0.25) is 0 Å². The standard InChI is InChI=1S/C9H10N4OS/c1-5-2-6-8(11-3-5)13(4-7(10)14)9(15)12-6/h2-3H,4H2,1H3,(H2,10,14)(H,12,15). The summed E-state index contributed by atoms with van der Waals surface area (Å²) in [5, 5.41) is 0. The number of fused-ring (bicyclic) bond motifs is 1. The molecule has 5 nitrogen and oxygen atoms in total. The predicted molar refractivity (Wildman–Crippen MR) is 58.8 cm³/mol. The molecule has 0 aliphatic rings. The van der Waals surface area contributed by atoms with Crippen LogP contribution in [0.5, 0.6) is 0 Å². The molecule has 0 aromatic carbocycles. The largest absolute Gasteiger partial charge is 0.368 e. The molecule has 78 valence electrons. The highest BCUT2D eigenvalue weighted by atomic mass is 32.1. The number of H-pyrrole nitrogens is 1. The van der Waals surface area contributed by atoms with Crippen LogP contribution in [0.1, 0.15) is 5.56 Å². The lowest BCUT2D eigenvalue weighted by Gasteiger charge is -1.99. The number of aryl methyl sites for hydroxylation is 1. The summed E-state index contributed by atoms with van der Waals surface area (Å²) >= 11 is 5.07. The van der Waals surface area contributed by atoms with Crippen LogP contribution in [0.25, 0.3) is 11.2 Å². The molecule has 0 radical (unpaired) electrons. The number of nitrogens with zero attached hydrogens (tertiary/aromatic N) is 2. The molecule has 6 heteroatoms. The topological polar surface area (TPSA) is 76.7 Å². The van der Waals surface area contributed by atoms with Crippen molar-refractivity contribution in [3.63, 3.8) is 0 Å². The Morgan fingerprint density at radius 3 is 3.13 bits per heavy atom. The van der Waals surface area contributed by atoms with Crippen LogP contribution >= 0.6 is 12.2 Å². The van der Waals surface area contributed by atoms with Crippen molar-refractivity contribution in [1.82, 2.24) is 14.5 Å².